The van der Waals surface area contributed by atoms with E-state index in [0.717, 1.165) is 30.4 Å². The highest BCUT2D eigenvalue weighted by Crippen LogP contribution is 2.36. The minimum absolute atomic E-state index is 0.180. The molecule has 1 aliphatic heterocycles. The largest absolute Gasteiger partial charge is 0.508 e. The van der Waals surface area contributed by atoms with Crippen LogP contribution in [0.4, 0.5) is 0 Å². The zero-order chi connectivity index (χ0) is 18.3. The number of H-pyrrole nitrogens is 2. The number of aromatic hydroxyl groups is 1. The van der Waals surface area contributed by atoms with E-state index in [0.29, 0.717) is 23.0 Å². The van der Waals surface area contributed by atoms with Gasteiger partial charge in [0.15, 0.2) is 0 Å². The van der Waals surface area contributed by atoms with E-state index in [-0.39, 0.29) is 23.3 Å². The summed E-state index contributed by atoms with van der Waals surface area (Å²) in [4.78, 5) is 33.2. The minimum atomic E-state index is -0.272. The standard InChI is InChI=1S/C20H21N3O3/c1-12-10-22-19(25)17-14(11-21-18(12)17)20(26)23-9-5-4-7-15(23)13-6-2-3-8-16(13)24/h2-3,6,8,10-11,15,21,24H,4-5,7,9H2,1H3,(H,22,25). The Balaban J connectivity index is 1.79. The zero-order valence-electron chi connectivity index (χ0n) is 14.6. The van der Waals surface area contributed by atoms with Crippen LogP contribution in [0.1, 0.15) is 46.8 Å². The fourth-order valence-corrected chi connectivity index (χ4v) is 3.88. The van der Waals surface area contributed by atoms with Crippen LogP contribution < -0.4 is 5.56 Å². The summed E-state index contributed by atoms with van der Waals surface area (Å²) in [5, 5.41) is 10.6. The van der Waals surface area contributed by atoms with Gasteiger partial charge in [0.05, 0.1) is 22.5 Å². The number of benzene rings is 1. The van der Waals surface area contributed by atoms with Gasteiger partial charge in [-0.15, -0.1) is 0 Å². The number of piperidine rings is 1. The number of aromatic amines is 2. The highest BCUT2D eigenvalue weighted by atomic mass is 16.3. The predicted octanol–water partition coefficient (Wildman–Crippen LogP) is 3.24. The number of para-hydroxylation sites is 1. The molecule has 0 saturated carbocycles. The third-order valence-corrected chi connectivity index (χ3v) is 5.21. The van der Waals surface area contributed by atoms with Crippen molar-refractivity contribution in [2.24, 2.45) is 0 Å². The monoisotopic (exact) mass is 351 g/mol. The van der Waals surface area contributed by atoms with Gasteiger partial charge in [0, 0.05) is 24.5 Å². The van der Waals surface area contributed by atoms with E-state index >= 15 is 0 Å². The van der Waals surface area contributed by atoms with Gasteiger partial charge >= 0.3 is 0 Å². The molecule has 3 heterocycles. The van der Waals surface area contributed by atoms with Crippen LogP contribution in [0.2, 0.25) is 0 Å². The fourth-order valence-electron chi connectivity index (χ4n) is 3.88. The normalized spacial score (nSPS) is 17.6. The Morgan fingerprint density at radius 2 is 2.00 bits per heavy atom. The van der Waals surface area contributed by atoms with Crippen LogP contribution in [0.25, 0.3) is 10.9 Å². The highest BCUT2D eigenvalue weighted by molar-refractivity contribution is 6.07. The lowest BCUT2D eigenvalue weighted by atomic mass is 9.93. The van der Waals surface area contributed by atoms with E-state index in [1.807, 2.05) is 19.1 Å². The van der Waals surface area contributed by atoms with Crippen molar-refractivity contribution in [2.75, 3.05) is 6.54 Å². The van der Waals surface area contributed by atoms with Gasteiger partial charge in [0.2, 0.25) is 0 Å². The Morgan fingerprint density at radius 3 is 2.81 bits per heavy atom. The Morgan fingerprint density at radius 1 is 1.19 bits per heavy atom. The molecular weight excluding hydrogens is 330 g/mol. The molecule has 3 aromatic rings. The second-order valence-electron chi connectivity index (χ2n) is 6.82. The number of hydrogen-bond acceptors (Lipinski definition) is 3. The van der Waals surface area contributed by atoms with E-state index in [1.54, 1.807) is 29.4 Å². The third-order valence-electron chi connectivity index (χ3n) is 5.21. The van der Waals surface area contributed by atoms with Gasteiger partial charge in [-0.1, -0.05) is 18.2 Å². The molecule has 0 radical (unpaired) electrons. The average molecular weight is 351 g/mol. The second-order valence-corrected chi connectivity index (χ2v) is 6.82. The van der Waals surface area contributed by atoms with Crippen LogP contribution in [0, 0.1) is 6.92 Å². The number of nitrogens with one attached hydrogen (secondary N) is 2. The molecule has 0 bridgehead atoms. The van der Waals surface area contributed by atoms with Crippen molar-refractivity contribution in [3.8, 4) is 5.75 Å². The first-order valence-corrected chi connectivity index (χ1v) is 8.86. The summed E-state index contributed by atoms with van der Waals surface area (Å²) in [7, 11) is 0. The quantitative estimate of drug-likeness (QED) is 0.662. The lowest BCUT2D eigenvalue weighted by Gasteiger charge is -2.36. The summed E-state index contributed by atoms with van der Waals surface area (Å²) in [6.45, 7) is 2.49. The van der Waals surface area contributed by atoms with E-state index in [4.69, 9.17) is 0 Å². The molecule has 6 nitrogen and oxygen atoms in total. The van der Waals surface area contributed by atoms with Gasteiger partial charge < -0.3 is 20.0 Å². The Labute approximate surface area is 150 Å². The molecule has 1 atom stereocenters. The maximum atomic E-state index is 13.3. The maximum absolute atomic E-state index is 13.3. The van der Waals surface area contributed by atoms with Gasteiger partial charge in [0.25, 0.3) is 11.5 Å². The first kappa shape index (κ1) is 16.4. The molecule has 4 rings (SSSR count). The number of amides is 1. The van der Waals surface area contributed by atoms with Crippen molar-refractivity contribution < 1.29 is 9.90 Å². The molecule has 1 fully saturated rings. The number of carbonyl (C=O) groups excluding carboxylic acids is 1. The maximum Gasteiger partial charge on any atom is 0.258 e. The van der Waals surface area contributed by atoms with Gasteiger partial charge in [-0.2, -0.15) is 0 Å². The Hall–Kier alpha value is -3.02. The van der Waals surface area contributed by atoms with Crippen molar-refractivity contribution >= 4 is 16.8 Å². The first-order chi connectivity index (χ1) is 12.6. The summed E-state index contributed by atoms with van der Waals surface area (Å²) < 4.78 is 0. The number of rotatable bonds is 2. The number of aryl methyl sites for hydroxylation is 1. The number of carbonyl (C=O) groups is 1. The van der Waals surface area contributed by atoms with E-state index in [9.17, 15) is 14.7 Å². The first-order valence-electron chi connectivity index (χ1n) is 8.86. The van der Waals surface area contributed by atoms with Crippen molar-refractivity contribution in [1.29, 1.82) is 0 Å². The van der Waals surface area contributed by atoms with Crippen LogP contribution in [-0.2, 0) is 0 Å². The van der Waals surface area contributed by atoms with Crippen molar-refractivity contribution in [1.82, 2.24) is 14.9 Å². The molecule has 1 unspecified atom stereocenters. The highest BCUT2D eigenvalue weighted by Gasteiger charge is 2.31. The molecule has 26 heavy (non-hydrogen) atoms. The predicted molar refractivity (Wildman–Crippen MR) is 99.4 cm³/mol. The molecule has 1 aliphatic rings. The van der Waals surface area contributed by atoms with E-state index < -0.39 is 0 Å². The number of aromatic nitrogens is 2. The summed E-state index contributed by atoms with van der Waals surface area (Å²) in [5.41, 5.74) is 2.44. The van der Waals surface area contributed by atoms with Gasteiger partial charge in [-0.05, 0) is 37.8 Å². The van der Waals surface area contributed by atoms with Crippen LogP contribution >= 0.6 is 0 Å². The topological polar surface area (TPSA) is 89.2 Å². The molecule has 2 aromatic heterocycles. The molecule has 0 aliphatic carbocycles. The SMILES string of the molecule is Cc1c[nH]c(=O)c2c(C(=O)N3CCCCC3c3ccccc3O)c[nH]c12. The molecule has 1 saturated heterocycles. The number of hydrogen-bond donors (Lipinski definition) is 3. The smallest absolute Gasteiger partial charge is 0.258 e. The molecule has 6 heteroatoms. The van der Waals surface area contributed by atoms with Crippen LogP contribution in [-0.4, -0.2) is 32.4 Å². The van der Waals surface area contributed by atoms with Crippen LogP contribution in [0.5, 0.6) is 5.75 Å². The number of phenolic OH excluding ortho intramolecular Hbond substituents is 1. The summed E-state index contributed by atoms with van der Waals surface area (Å²) in [6.07, 6.45) is 5.96. The third kappa shape index (κ3) is 2.58. The number of pyridine rings is 1. The molecular formula is C20H21N3O3. The Bertz CT molecular complexity index is 1030. The molecule has 1 aromatic carbocycles. The summed E-state index contributed by atoms with van der Waals surface area (Å²) in [6, 6.07) is 6.96. The lowest BCUT2D eigenvalue weighted by Crippen LogP contribution is -2.38. The van der Waals surface area contributed by atoms with Crippen molar-refractivity contribution in [3.63, 3.8) is 0 Å². The zero-order valence-corrected chi connectivity index (χ0v) is 14.6. The molecule has 1 amide bonds. The second kappa shape index (κ2) is 6.37. The van der Waals surface area contributed by atoms with Gasteiger partial charge in [-0.3, -0.25) is 9.59 Å². The van der Waals surface area contributed by atoms with Gasteiger partial charge in [0.1, 0.15) is 5.75 Å². The van der Waals surface area contributed by atoms with Crippen molar-refractivity contribution in [2.45, 2.75) is 32.2 Å². The van der Waals surface area contributed by atoms with Crippen LogP contribution in [0.15, 0.2) is 41.5 Å². The van der Waals surface area contributed by atoms with Crippen LogP contribution in [0.3, 0.4) is 0 Å². The summed E-state index contributed by atoms with van der Waals surface area (Å²) in [5.74, 6) is 0.0186. The minimum Gasteiger partial charge on any atom is -0.508 e. The molecule has 134 valence electrons. The number of phenols is 1. The average Bonchev–Trinajstić information content (AvgIpc) is 3.11. The number of likely N-dealkylation sites (tertiary alicyclic amines) is 1. The lowest BCUT2D eigenvalue weighted by molar-refractivity contribution is 0.0611. The fraction of sp³-hybridized carbons (Fsp3) is 0.300. The van der Waals surface area contributed by atoms with Crippen molar-refractivity contribution in [3.05, 3.63) is 63.7 Å². The Kier molecular flexibility index (Phi) is 4.03. The van der Waals surface area contributed by atoms with E-state index in [2.05, 4.69) is 9.97 Å². The van der Waals surface area contributed by atoms with Gasteiger partial charge in [-0.25, -0.2) is 0 Å². The molecule has 3 N–H and O–H groups in total. The number of fused-ring (bicyclic) bond motifs is 1. The molecule has 0 spiro atoms. The number of nitrogens with zero attached hydrogens (tertiary/aromatic N) is 1. The van der Waals surface area contributed by atoms with E-state index in [1.165, 1.54) is 0 Å². The summed E-state index contributed by atoms with van der Waals surface area (Å²) >= 11 is 0.